The van der Waals surface area contributed by atoms with Crippen molar-refractivity contribution in [3.05, 3.63) is 60.2 Å². The van der Waals surface area contributed by atoms with Crippen molar-refractivity contribution < 1.29 is 18.4 Å². The third-order valence-electron chi connectivity index (χ3n) is 4.38. The van der Waals surface area contributed by atoms with Crippen LogP contribution in [0.1, 0.15) is 18.2 Å². The minimum absolute atomic E-state index is 0.0994. The summed E-state index contributed by atoms with van der Waals surface area (Å²) in [5, 5.41) is 4.02. The number of hydrogen-bond donors (Lipinski definition) is 0. The van der Waals surface area contributed by atoms with Gasteiger partial charge in [0, 0.05) is 18.7 Å². The maximum atomic E-state index is 13.4. The van der Waals surface area contributed by atoms with Gasteiger partial charge in [0.2, 0.25) is 17.6 Å². The third-order valence-corrected chi connectivity index (χ3v) is 4.38. The number of amides is 1. The second kappa shape index (κ2) is 6.59. The Bertz CT molecular complexity index is 956. The van der Waals surface area contributed by atoms with E-state index in [0.717, 1.165) is 5.56 Å². The average Bonchev–Trinajstić information content (AvgIpc) is 3.28. The predicted molar refractivity (Wildman–Crippen MR) is 92.4 cm³/mol. The molecule has 2 heterocycles. The van der Waals surface area contributed by atoms with E-state index in [1.165, 1.54) is 12.1 Å². The van der Waals surface area contributed by atoms with Crippen LogP contribution in [0.15, 0.2) is 53.1 Å². The number of hydrogen-bond acceptors (Lipinski definition) is 5. The standard InChI is InChI=1S/C19H16FN3O3/c1-25-16-8-3-2-7-15(16)18-21-19(26-22-18)12-9-17(24)23(11-12)14-6-4-5-13(20)10-14/h2-8,10,12H,9,11H2,1H3. The molecule has 1 unspecified atom stereocenters. The Morgan fingerprint density at radius 1 is 1.23 bits per heavy atom. The Balaban J connectivity index is 1.58. The number of methoxy groups -OCH3 is 1. The van der Waals surface area contributed by atoms with Gasteiger partial charge in [0.1, 0.15) is 11.6 Å². The summed E-state index contributed by atoms with van der Waals surface area (Å²) >= 11 is 0. The molecular formula is C19H16FN3O3. The van der Waals surface area contributed by atoms with E-state index in [1.807, 2.05) is 24.3 Å². The van der Waals surface area contributed by atoms with E-state index in [1.54, 1.807) is 24.1 Å². The van der Waals surface area contributed by atoms with Gasteiger partial charge in [-0.1, -0.05) is 23.4 Å². The van der Waals surface area contributed by atoms with Gasteiger partial charge in [-0.3, -0.25) is 4.79 Å². The van der Waals surface area contributed by atoms with Crippen molar-refractivity contribution in [3.8, 4) is 17.1 Å². The van der Waals surface area contributed by atoms with Crippen LogP contribution in [0.25, 0.3) is 11.4 Å². The highest BCUT2D eigenvalue weighted by atomic mass is 19.1. The zero-order chi connectivity index (χ0) is 18.1. The molecule has 6 nitrogen and oxygen atoms in total. The number of anilines is 1. The topological polar surface area (TPSA) is 68.5 Å². The number of para-hydroxylation sites is 1. The number of rotatable bonds is 4. The molecule has 0 N–H and O–H groups in total. The van der Waals surface area contributed by atoms with Crippen LogP contribution >= 0.6 is 0 Å². The summed E-state index contributed by atoms with van der Waals surface area (Å²) in [5.74, 6) is 0.727. The fourth-order valence-electron chi connectivity index (χ4n) is 3.11. The molecule has 2 aromatic carbocycles. The monoisotopic (exact) mass is 353 g/mol. The Labute approximate surface area is 149 Å². The highest BCUT2D eigenvalue weighted by Crippen LogP contribution is 2.33. The first kappa shape index (κ1) is 16.3. The van der Waals surface area contributed by atoms with Crippen molar-refractivity contribution >= 4 is 11.6 Å². The molecule has 1 amide bonds. The molecule has 0 spiro atoms. The average molecular weight is 353 g/mol. The molecule has 0 saturated carbocycles. The molecule has 1 aromatic heterocycles. The van der Waals surface area contributed by atoms with Gasteiger partial charge < -0.3 is 14.2 Å². The van der Waals surface area contributed by atoms with Gasteiger partial charge in [0.15, 0.2) is 0 Å². The summed E-state index contributed by atoms with van der Waals surface area (Å²) in [4.78, 5) is 18.3. The second-order valence-corrected chi connectivity index (χ2v) is 6.04. The molecule has 26 heavy (non-hydrogen) atoms. The predicted octanol–water partition coefficient (Wildman–Crippen LogP) is 3.40. The minimum Gasteiger partial charge on any atom is -0.496 e. The minimum atomic E-state index is -0.380. The van der Waals surface area contributed by atoms with Crippen molar-refractivity contribution in [2.75, 3.05) is 18.6 Å². The Kier molecular flexibility index (Phi) is 4.12. The van der Waals surface area contributed by atoms with Gasteiger partial charge in [0.25, 0.3) is 0 Å². The molecule has 4 rings (SSSR count). The number of benzene rings is 2. The Hall–Kier alpha value is -3.22. The van der Waals surface area contributed by atoms with Crippen molar-refractivity contribution in [1.29, 1.82) is 0 Å². The van der Waals surface area contributed by atoms with E-state index in [4.69, 9.17) is 9.26 Å². The molecule has 1 aliphatic rings. The first-order valence-corrected chi connectivity index (χ1v) is 8.18. The molecule has 1 aliphatic heterocycles. The number of nitrogens with zero attached hydrogens (tertiary/aromatic N) is 3. The lowest BCUT2D eigenvalue weighted by atomic mass is 10.1. The van der Waals surface area contributed by atoms with Crippen LogP contribution in [0.2, 0.25) is 0 Å². The van der Waals surface area contributed by atoms with Crippen LogP contribution in [0.4, 0.5) is 10.1 Å². The summed E-state index contributed by atoms with van der Waals surface area (Å²) in [6.45, 7) is 0.371. The maximum absolute atomic E-state index is 13.4. The molecule has 132 valence electrons. The van der Waals surface area contributed by atoms with Gasteiger partial charge in [-0.2, -0.15) is 4.98 Å². The van der Waals surface area contributed by atoms with E-state index in [2.05, 4.69) is 10.1 Å². The molecule has 1 atom stereocenters. The van der Waals surface area contributed by atoms with Crippen LogP contribution in [-0.2, 0) is 4.79 Å². The zero-order valence-corrected chi connectivity index (χ0v) is 14.1. The number of ether oxygens (including phenoxy) is 1. The van der Waals surface area contributed by atoms with Crippen molar-refractivity contribution in [2.45, 2.75) is 12.3 Å². The van der Waals surface area contributed by atoms with Crippen LogP contribution in [0.3, 0.4) is 0 Å². The molecule has 1 fully saturated rings. The summed E-state index contributed by atoms with van der Waals surface area (Å²) in [6.07, 6.45) is 0.240. The van der Waals surface area contributed by atoms with Gasteiger partial charge in [0.05, 0.1) is 18.6 Å². The van der Waals surface area contributed by atoms with Crippen molar-refractivity contribution in [3.63, 3.8) is 0 Å². The van der Waals surface area contributed by atoms with Crippen LogP contribution in [0, 0.1) is 5.82 Å². The van der Waals surface area contributed by atoms with Crippen LogP contribution < -0.4 is 9.64 Å². The molecular weight excluding hydrogens is 337 g/mol. The molecule has 3 aromatic rings. The first-order chi connectivity index (χ1) is 12.7. The largest absolute Gasteiger partial charge is 0.496 e. The molecule has 0 radical (unpaired) electrons. The number of carbonyl (C=O) groups is 1. The van der Waals surface area contributed by atoms with E-state index >= 15 is 0 Å². The highest BCUT2D eigenvalue weighted by Gasteiger charge is 2.35. The summed E-state index contributed by atoms with van der Waals surface area (Å²) < 4.78 is 24.1. The molecule has 7 heteroatoms. The summed E-state index contributed by atoms with van der Waals surface area (Å²) in [6, 6.07) is 13.3. The molecule has 0 bridgehead atoms. The first-order valence-electron chi connectivity index (χ1n) is 8.18. The van der Waals surface area contributed by atoms with E-state index in [0.29, 0.717) is 29.7 Å². The summed E-state index contributed by atoms with van der Waals surface area (Å²) in [7, 11) is 1.58. The fourth-order valence-corrected chi connectivity index (χ4v) is 3.11. The van der Waals surface area contributed by atoms with Gasteiger partial charge in [-0.05, 0) is 30.3 Å². The van der Waals surface area contributed by atoms with E-state index in [-0.39, 0.29) is 24.1 Å². The molecule has 0 aliphatic carbocycles. The van der Waals surface area contributed by atoms with Crippen LogP contribution in [0.5, 0.6) is 5.75 Å². The van der Waals surface area contributed by atoms with E-state index in [9.17, 15) is 9.18 Å². The Morgan fingerprint density at radius 2 is 2.08 bits per heavy atom. The third kappa shape index (κ3) is 2.92. The SMILES string of the molecule is COc1ccccc1-c1noc(C2CC(=O)N(c3cccc(F)c3)C2)n1. The lowest BCUT2D eigenvalue weighted by Crippen LogP contribution is -2.24. The van der Waals surface area contributed by atoms with Gasteiger partial charge >= 0.3 is 0 Å². The second-order valence-electron chi connectivity index (χ2n) is 6.04. The maximum Gasteiger partial charge on any atom is 0.232 e. The summed E-state index contributed by atoms with van der Waals surface area (Å²) in [5.41, 5.74) is 1.25. The van der Waals surface area contributed by atoms with Crippen LogP contribution in [-0.4, -0.2) is 29.7 Å². The zero-order valence-electron chi connectivity index (χ0n) is 14.1. The van der Waals surface area contributed by atoms with E-state index < -0.39 is 0 Å². The normalized spacial score (nSPS) is 16.9. The smallest absolute Gasteiger partial charge is 0.232 e. The number of halogens is 1. The lowest BCUT2D eigenvalue weighted by Gasteiger charge is -2.15. The number of carbonyl (C=O) groups excluding carboxylic acids is 1. The lowest BCUT2D eigenvalue weighted by molar-refractivity contribution is -0.117. The fraction of sp³-hybridized carbons (Fsp3) is 0.211. The van der Waals surface area contributed by atoms with Gasteiger partial charge in [-0.25, -0.2) is 4.39 Å². The van der Waals surface area contributed by atoms with Gasteiger partial charge in [-0.15, -0.1) is 0 Å². The van der Waals surface area contributed by atoms with Crippen molar-refractivity contribution in [2.24, 2.45) is 0 Å². The quantitative estimate of drug-likeness (QED) is 0.719. The highest BCUT2D eigenvalue weighted by molar-refractivity contribution is 5.96. The molecule has 1 saturated heterocycles. The van der Waals surface area contributed by atoms with Crippen molar-refractivity contribution in [1.82, 2.24) is 10.1 Å². The Morgan fingerprint density at radius 3 is 2.88 bits per heavy atom. The number of aromatic nitrogens is 2.